The molecule has 1 unspecified atom stereocenters. The lowest BCUT2D eigenvalue weighted by Crippen LogP contribution is -2.44. The first-order valence-electron chi connectivity index (χ1n) is 6.05. The van der Waals surface area contributed by atoms with Gasteiger partial charge in [-0.3, -0.25) is 4.90 Å². The molecule has 0 spiro atoms. The zero-order valence-electron chi connectivity index (χ0n) is 11.2. The van der Waals surface area contributed by atoms with Gasteiger partial charge in [0.15, 0.2) is 0 Å². The predicted molar refractivity (Wildman–Crippen MR) is 67.6 cm³/mol. The molecule has 104 valence electrons. The molecule has 1 saturated heterocycles. The second-order valence-electron chi connectivity index (χ2n) is 5.23. The molecule has 1 rings (SSSR count). The van der Waals surface area contributed by atoms with E-state index in [-0.39, 0.29) is 12.0 Å². The van der Waals surface area contributed by atoms with Gasteiger partial charge in [0.05, 0.1) is 12.0 Å². The van der Waals surface area contributed by atoms with Crippen LogP contribution in [0.3, 0.4) is 0 Å². The highest BCUT2D eigenvalue weighted by Gasteiger charge is 2.41. The molecule has 0 aromatic heterocycles. The number of rotatable bonds is 2. The molecular formula is C12H20ClNO4. The van der Waals surface area contributed by atoms with Crippen LogP contribution in [0.15, 0.2) is 0 Å². The topological polar surface area (TPSA) is 55.8 Å². The summed E-state index contributed by atoms with van der Waals surface area (Å²) >= 11 is 6.00. The standard InChI is InChI=1S/C12H20ClNO4/c1-5-17-10(15)9-6-8(13)7-14(9)11(16)18-12(2,3)4/h8-9H,5-7H2,1-4H3/t8-,9?/m0/s1. The van der Waals surface area contributed by atoms with Gasteiger partial charge in [-0.1, -0.05) is 0 Å². The summed E-state index contributed by atoms with van der Waals surface area (Å²) in [7, 11) is 0. The summed E-state index contributed by atoms with van der Waals surface area (Å²) in [5.41, 5.74) is -0.597. The Labute approximate surface area is 112 Å². The molecule has 1 fully saturated rings. The highest BCUT2D eigenvalue weighted by atomic mass is 35.5. The van der Waals surface area contributed by atoms with E-state index >= 15 is 0 Å². The van der Waals surface area contributed by atoms with Gasteiger partial charge in [-0.2, -0.15) is 0 Å². The van der Waals surface area contributed by atoms with Crippen molar-refractivity contribution in [2.75, 3.05) is 13.2 Å². The summed E-state index contributed by atoms with van der Waals surface area (Å²) in [6.07, 6.45) is -0.122. The van der Waals surface area contributed by atoms with Crippen molar-refractivity contribution in [1.82, 2.24) is 4.90 Å². The maximum absolute atomic E-state index is 12.0. The van der Waals surface area contributed by atoms with Crippen LogP contribution in [0.1, 0.15) is 34.1 Å². The third kappa shape index (κ3) is 4.05. The highest BCUT2D eigenvalue weighted by Crippen LogP contribution is 2.25. The molecule has 0 aromatic rings. The summed E-state index contributed by atoms with van der Waals surface area (Å²) in [5.74, 6) is -0.425. The summed E-state index contributed by atoms with van der Waals surface area (Å²) in [6.45, 7) is 7.64. The van der Waals surface area contributed by atoms with Crippen LogP contribution in [0.5, 0.6) is 0 Å². The Morgan fingerprint density at radius 2 is 2.00 bits per heavy atom. The Bertz CT molecular complexity index is 327. The molecule has 5 nitrogen and oxygen atoms in total. The van der Waals surface area contributed by atoms with Crippen LogP contribution in [0, 0.1) is 0 Å². The molecule has 0 N–H and O–H groups in total. The Morgan fingerprint density at radius 3 is 2.50 bits per heavy atom. The van der Waals surface area contributed by atoms with Gasteiger partial charge in [0.1, 0.15) is 11.6 Å². The van der Waals surface area contributed by atoms with Gasteiger partial charge in [-0.05, 0) is 34.1 Å². The van der Waals surface area contributed by atoms with Crippen molar-refractivity contribution in [1.29, 1.82) is 0 Å². The maximum Gasteiger partial charge on any atom is 0.411 e. The molecule has 2 atom stereocenters. The summed E-state index contributed by atoms with van der Waals surface area (Å²) in [6, 6.07) is -0.637. The molecule has 0 saturated carbocycles. The minimum atomic E-state index is -0.637. The number of hydrogen-bond acceptors (Lipinski definition) is 4. The fraction of sp³-hybridized carbons (Fsp3) is 0.833. The van der Waals surface area contributed by atoms with Crippen LogP contribution in [0.25, 0.3) is 0 Å². The van der Waals surface area contributed by atoms with E-state index in [4.69, 9.17) is 21.1 Å². The molecule has 6 heteroatoms. The number of amides is 1. The third-order valence-corrected chi connectivity index (χ3v) is 2.75. The minimum Gasteiger partial charge on any atom is -0.464 e. The third-order valence-electron chi connectivity index (χ3n) is 2.44. The molecule has 0 bridgehead atoms. The molecule has 1 heterocycles. The molecule has 1 aliphatic rings. The number of ether oxygens (including phenoxy) is 2. The zero-order chi connectivity index (χ0) is 13.9. The molecule has 0 radical (unpaired) electrons. The normalized spacial score (nSPS) is 23.9. The van der Waals surface area contributed by atoms with Crippen molar-refractivity contribution >= 4 is 23.7 Å². The Balaban J connectivity index is 2.72. The minimum absolute atomic E-state index is 0.244. The van der Waals surface area contributed by atoms with Gasteiger partial charge >= 0.3 is 12.1 Å². The van der Waals surface area contributed by atoms with Crippen LogP contribution in [-0.4, -0.2) is 47.1 Å². The predicted octanol–water partition coefficient (Wildman–Crippen LogP) is 2.17. The van der Waals surface area contributed by atoms with Gasteiger partial charge in [-0.25, -0.2) is 9.59 Å². The Kier molecular flexibility index (Phi) is 4.85. The van der Waals surface area contributed by atoms with E-state index < -0.39 is 23.7 Å². The van der Waals surface area contributed by atoms with E-state index in [1.54, 1.807) is 27.7 Å². The molecule has 0 aliphatic carbocycles. The fourth-order valence-electron chi connectivity index (χ4n) is 1.77. The van der Waals surface area contributed by atoms with Crippen LogP contribution in [-0.2, 0) is 14.3 Å². The van der Waals surface area contributed by atoms with Crippen molar-refractivity contribution in [2.45, 2.75) is 51.1 Å². The van der Waals surface area contributed by atoms with E-state index in [1.807, 2.05) is 0 Å². The van der Waals surface area contributed by atoms with E-state index in [0.717, 1.165) is 0 Å². The van der Waals surface area contributed by atoms with Crippen molar-refractivity contribution in [3.8, 4) is 0 Å². The van der Waals surface area contributed by atoms with E-state index in [0.29, 0.717) is 13.0 Å². The smallest absolute Gasteiger partial charge is 0.411 e. The summed E-state index contributed by atoms with van der Waals surface area (Å²) in [5, 5.41) is -0.244. The van der Waals surface area contributed by atoms with Crippen molar-refractivity contribution in [3.05, 3.63) is 0 Å². The lowest BCUT2D eigenvalue weighted by molar-refractivity contribution is -0.148. The van der Waals surface area contributed by atoms with Gasteiger partial charge in [0.2, 0.25) is 0 Å². The van der Waals surface area contributed by atoms with Crippen LogP contribution < -0.4 is 0 Å². The van der Waals surface area contributed by atoms with Crippen LogP contribution >= 0.6 is 11.6 Å². The summed E-state index contributed by atoms with van der Waals surface area (Å²) in [4.78, 5) is 25.1. The monoisotopic (exact) mass is 277 g/mol. The first kappa shape index (κ1) is 15.1. The van der Waals surface area contributed by atoms with E-state index in [1.165, 1.54) is 4.90 Å². The van der Waals surface area contributed by atoms with Gasteiger partial charge in [0, 0.05) is 6.54 Å². The summed E-state index contributed by atoms with van der Waals surface area (Å²) < 4.78 is 10.2. The van der Waals surface area contributed by atoms with Gasteiger partial charge < -0.3 is 9.47 Å². The zero-order valence-corrected chi connectivity index (χ0v) is 12.0. The Hall–Kier alpha value is -0.970. The number of halogens is 1. The molecular weight excluding hydrogens is 258 g/mol. The second kappa shape index (κ2) is 5.78. The number of hydrogen-bond donors (Lipinski definition) is 0. The molecule has 18 heavy (non-hydrogen) atoms. The van der Waals surface area contributed by atoms with Gasteiger partial charge in [0.25, 0.3) is 0 Å². The van der Waals surface area contributed by atoms with Crippen LogP contribution in [0.2, 0.25) is 0 Å². The number of esters is 1. The Morgan fingerprint density at radius 1 is 1.39 bits per heavy atom. The number of nitrogens with zero attached hydrogens (tertiary/aromatic N) is 1. The van der Waals surface area contributed by atoms with Crippen molar-refractivity contribution in [3.63, 3.8) is 0 Å². The van der Waals surface area contributed by atoms with Gasteiger partial charge in [-0.15, -0.1) is 11.6 Å². The average Bonchev–Trinajstić information content (AvgIpc) is 2.58. The number of carbonyl (C=O) groups excluding carboxylic acids is 2. The fourth-order valence-corrected chi connectivity index (χ4v) is 2.09. The molecule has 1 aliphatic heterocycles. The maximum atomic E-state index is 12.0. The molecule has 0 aromatic carbocycles. The largest absolute Gasteiger partial charge is 0.464 e. The number of likely N-dealkylation sites (tertiary alicyclic amines) is 1. The first-order valence-corrected chi connectivity index (χ1v) is 6.48. The van der Waals surface area contributed by atoms with Crippen molar-refractivity contribution < 1.29 is 19.1 Å². The SMILES string of the molecule is CCOC(=O)C1C[C@H](Cl)CN1C(=O)OC(C)(C)C. The quantitative estimate of drug-likeness (QED) is 0.573. The van der Waals surface area contributed by atoms with Crippen LogP contribution in [0.4, 0.5) is 4.79 Å². The van der Waals surface area contributed by atoms with Crippen molar-refractivity contribution in [2.24, 2.45) is 0 Å². The first-order chi connectivity index (χ1) is 8.24. The molecule has 1 amide bonds. The second-order valence-corrected chi connectivity index (χ2v) is 5.85. The number of carbonyl (C=O) groups is 2. The van der Waals surface area contributed by atoms with E-state index in [9.17, 15) is 9.59 Å². The lowest BCUT2D eigenvalue weighted by atomic mass is 10.2. The number of alkyl halides is 1. The average molecular weight is 278 g/mol. The van der Waals surface area contributed by atoms with E-state index in [2.05, 4.69) is 0 Å². The lowest BCUT2D eigenvalue weighted by Gasteiger charge is -2.27. The highest BCUT2D eigenvalue weighted by molar-refractivity contribution is 6.21.